The lowest BCUT2D eigenvalue weighted by Gasteiger charge is -2.25. The Kier molecular flexibility index (Phi) is 1.14. The maximum Gasteiger partial charge on any atom is 0.0877 e. The van der Waals surface area contributed by atoms with Crippen molar-refractivity contribution in [2.45, 2.75) is 12.8 Å². The Labute approximate surface area is 72.2 Å². The van der Waals surface area contributed by atoms with Crippen molar-refractivity contribution in [1.29, 1.82) is 0 Å². The summed E-state index contributed by atoms with van der Waals surface area (Å²) >= 11 is 0. The van der Waals surface area contributed by atoms with Crippen LogP contribution in [0.5, 0.6) is 0 Å². The highest BCUT2D eigenvalue weighted by Gasteiger charge is 2.23. The van der Waals surface area contributed by atoms with E-state index in [1.165, 1.54) is 36.3 Å². The van der Waals surface area contributed by atoms with E-state index in [1.807, 2.05) is 0 Å². The molecular formula is C10H12N2. The molecule has 2 nitrogen and oxygen atoms in total. The number of para-hydroxylation sites is 1. The van der Waals surface area contributed by atoms with Crippen molar-refractivity contribution < 1.29 is 0 Å². The van der Waals surface area contributed by atoms with Gasteiger partial charge in [-0.3, -0.25) is 0 Å². The zero-order valence-electron chi connectivity index (χ0n) is 7.01. The van der Waals surface area contributed by atoms with Crippen molar-refractivity contribution >= 4 is 11.4 Å². The molecule has 62 valence electrons. The number of nitrogens with one attached hydrogen (secondary N) is 1. The van der Waals surface area contributed by atoms with Crippen LogP contribution in [0.1, 0.15) is 12.0 Å². The van der Waals surface area contributed by atoms with Gasteiger partial charge in [-0.25, -0.2) is 0 Å². The molecule has 0 unspecified atom stereocenters. The third-order valence-corrected chi connectivity index (χ3v) is 2.77. The number of hydrogen-bond donors (Lipinski definition) is 1. The van der Waals surface area contributed by atoms with Gasteiger partial charge in [0.15, 0.2) is 0 Å². The summed E-state index contributed by atoms with van der Waals surface area (Å²) < 4.78 is 0. The molecular weight excluding hydrogens is 148 g/mol. The third kappa shape index (κ3) is 0.697. The number of benzene rings is 1. The molecule has 2 aliphatic rings. The molecule has 0 amide bonds. The summed E-state index contributed by atoms with van der Waals surface area (Å²) in [5, 5.41) is 3.41. The molecule has 0 spiro atoms. The van der Waals surface area contributed by atoms with E-state index in [4.69, 9.17) is 0 Å². The third-order valence-electron chi connectivity index (χ3n) is 2.77. The van der Waals surface area contributed by atoms with Crippen LogP contribution in [0.15, 0.2) is 18.2 Å². The molecule has 1 aromatic rings. The van der Waals surface area contributed by atoms with Gasteiger partial charge >= 0.3 is 0 Å². The van der Waals surface area contributed by atoms with Gasteiger partial charge in [0.25, 0.3) is 0 Å². The molecule has 2 heterocycles. The average molecular weight is 160 g/mol. The van der Waals surface area contributed by atoms with Gasteiger partial charge in [-0.15, -0.1) is 0 Å². The highest BCUT2D eigenvalue weighted by molar-refractivity contribution is 5.78. The summed E-state index contributed by atoms with van der Waals surface area (Å²) in [6, 6.07) is 6.57. The zero-order chi connectivity index (χ0) is 7.97. The topological polar surface area (TPSA) is 15.3 Å². The molecule has 0 saturated heterocycles. The Hall–Kier alpha value is -1.18. The van der Waals surface area contributed by atoms with Crippen molar-refractivity contribution in [3.63, 3.8) is 0 Å². The Morgan fingerprint density at radius 3 is 3.33 bits per heavy atom. The molecule has 0 aliphatic carbocycles. The number of anilines is 2. The first-order valence-corrected chi connectivity index (χ1v) is 4.56. The van der Waals surface area contributed by atoms with Crippen LogP contribution in [0.2, 0.25) is 0 Å². The van der Waals surface area contributed by atoms with Crippen LogP contribution in [0.4, 0.5) is 11.4 Å². The molecule has 0 saturated carbocycles. The molecule has 0 fully saturated rings. The van der Waals surface area contributed by atoms with E-state index < -0.39 is 0 Å². The molecule has 0 radical (unpaired) electrons. The predicted molar refractivity (Wildman–Crippen MR) is 50.6 cm³/mol. The zero-order valence-corrected chi connectivity index (χ0v) is 7.01. The summed E-state index contributed by atoms with van der Waals surface area (Å²) in [6.45, 7) is 2.23. The Morgan fingerprint density at radius 2 is 2.33 bits per heavy atom. The van der Waals surface area contributed by atoms with Crippen LogP contribution in [-0.4, -0.2) is 13.2 Å². The highest BCUT2D eigenvalue weighted by Crippen LogP contribution is 2.37. The van der Waals surface area contributed by atoms with E-state index in [9.17, 15) is 0 Å². The molecule has 3 rings (SSSR count). The molecule has 2 heteroatoms. The minimum atomic E-state index is 1.01. The maximum atomic E-state index is 3.41. The normalized spacial score (nSPS) is 18.8. The largest absolute Gasteiger partial charge is 0.366 e. The minimum absolute atomic E-state index is 1.01. The van der Waals surface area contributed by atoms with E-state index in [2.05, 4.69) is 28.4 Å². The van der Waals surface area contributed by atoms with Crippen LogP contribution in [0.25, 0.3) is 0 Å². The van der Waals surface area contributed by atoms with Crippen molar-refractivity contribution in [2.24, 2.45) is 0 Å². The molecule has 2 aliphatic heterocycles. The lowest BCUT2D eigenvalue weighted by atomic mass is 10.0. The standard InChI is InChI=1S/C10H12N2/c1-3-8-4-2-6-12-7-11-9(5-1)10(8)12/h1,3,5,11H,2,4,6-7H2. The van der Waals surface area contributed by atoms with E-state index in [0.29, 0.717) is 0 Å². The Balaban J connectivity index is 2.23. The lowest BCUT2D eigenvalue weighted by molar-refractivity contribution is 0.730. The maximum absolute atomic E-state index is 3.41. The van der Waals surface area contributed by atoms with E-state index in [1.54, 1.807) is 0 Å². The Morgan fingerprint density at radius 1 is 1.33 bits per heavy atom. The number of nitrogens with zero attached hydrogens (tertiary/aromatic N) is 1. The smallest absolute Gasteiger partial charge is 0.0877 e. The van der Waals surface area contributed by atoms with Crippen LogP contribution in [0.3, 0.4) is 0 Å². The van der Waals surface area contributed by atoms with E-state index in [0.717, 1.165) is 6.67 Å². The summed E-state index contributed by atoms with van der Waals surface area (Å²) in [6.07, 6.45) is 2.56. The summed E-state index contributed by atoms with van der Waals surface area (Å²) in [5.74, 6) is 0. The summed E-state index contributed by atoms with van der Waals surface area (Å²) in [4.78, 5) is 2.44. The first-order valence-electron chi connectivity index (χ1n) is 4.56. The number of aryl methyl sites for hydroxylation is 1. The van der Waals surface area contributed by atoms with E-state index >= 15 is 0 Å². The number of rotatable bonds is 0. The number of hydrogen-bond acceptors (Lipinski definition) is 2. The van der Waals surface area contributed by atoms with Crippen molar-refractivity contribution in [3.05, 3.63) is 23.8 Å². The van der Waals surface area contributed by atoms with Gasteiger partial charge in [0.1, 0.15) is 0 Å². The average Bonchev–Trinajstić information content (AvgIpc) is 2.52. The van der Waals surface area contributed by atoms with Crippen LogP contribution < -0.4 is 10.2 Å². The molecule has 0 atom stereocenters. The van der Waals surface area contributed by atoms with Crippen molar-refractivity contribution in [3.8, 4) is 0 Å². The fraction of sp³-hybridized carbons (Fsp3) is 0.400. The van der Waals surface area contributed by atoms with Crippen LogP contribution in [-0.2, 0) is 6.42 Å². The Bertz CT molecular complexity index is 320. The molecule has 1 aromatic carbocycles. The fourth-order valence-corrected chi connectivity index (χ4v) is 2.22. The van der Waals surface area contributed by atoms with Gasteiger partial charge < -0.3 is 10.2 Å². The molecule has 1 N–H and O–H groups in total. The van der Waals surface area contributed by atoms with Crippen molar-refractivity contribution in [2.75, 3.05) is 23.4 Å². The first-order chi connectivity index (χ1) is 5.95. The second kappa shape index (κ2) is 2.16. The molecule has 0 aromatic heterocycles. The second-order valence-electron chi connectivity index (χ2n) is 3.52. The van der Waals surface area contributed by atoms with Gasteiger partial charge in [-0.2, -0.15) is 0 Å². The van der Waals surface area contributed by atoms with Crippen molar-refractivity contribution in [1.82, 2.24) is 0 Å². The minimum Gasteiger partial charge on any atom is -0.366 e. The monoisotopic (exact) mass is 160 g/mol. The van der Waals surface area contributed by atoms with Crippen LogP contribution >= 0.6 is 0 Å². The van der Waals surface area contributed by atoms with Crippen LogP contribution in [0, 0.1) is 0 Å². The van der Waals surface area contributed by atoms with Gasteiger partial charge in [-0.05, 0) is 24.5 Å². The van der Waals surface area contributed by atoms with Gasteiger partial charge in [0.2, 0.25) is 0 Å². The van der Waals surface area contributed by atoms with Gasteiger partial charge in [0.05, 0.1) is 18.0 Å². The van der Waals surface area contributed by atoms with Gasteiger partial charge in [-0.1, -0.05) is 12.1 Å². The SMILES string of the molecule is c1cc2c3c(c1)NCN3CCC2. The predicted octanol–water partition coefficient (Wildman–Crippen LogP) is 1.82. The second-order valence-corrected chi connectivity index (χ2v) is 3.52. The lowest BCUT2D eigenvalue weighted by Crippen LogP contribution is -2.27. The highest BCUT2D eigenvalue weighted by atomic mass is 15.3. The first kappa shape index (κ1) is 6.35. The molecule has 12 heavy (non-hydrogen) atoms. The van der Waals surface area contributed by atoms with Gasteiger partial charge in [0, 0.05) is 6.54 Å². The van der Waals surface area contributed by atoms with E-state index in [-0.39, 0.29) is 0 Å². The fourth-order valence-electron chi connectivity index (χ4n) is 2.22. The summed E-state index contributed by atoms with van der Waals surface area (Å²) in [7, 11) is 0. The quantitative estimate of drug-likeness (QED) is 0.622. The molecule has 0 bridgehead atoms. The summed E-state index contributed by atoms with van der Waals surface area (Å²) in [5.41, 5.74) is 4.31.